The van der Waals surface area contributed by atoms with Crippen molar-refractivity contribution in [1.82, 2.24) is 4.98 Å². The maximum absolute atomic E-state index is 12.6. The number of fused-ring (bicyclic) bond motifs is 1. The topological polar surface area (TPSA) is 22.1 Å². The number of benzene rings is 3. The first-order chi connectivity index (χ1) is 15.3. The maximum Gasteiger partial charge on any atom is 0.446 e. The number of alkyl halides is 3. The molecule has 6 heteroatoms. The number of thioether (sulfide) groups is 1. The molecule has 0 amide bonds. The van der Waals surface area contributed by atoms with E-state index in [1.165, 1.54) is 17.7 Å². The monoisotopic (exact) mass is 453 g/mol. The average molecular weight is 454 g/mol. The lowest BCUT2D eigenvalue weighted by Crippen LogP contribution is -2.00. The van der Waals surface area contributed by atoms with Gasteiger partial charge in [0.25, 0.3) is 0 Å². The molecule has 0 spiro atoms. The average Bonchev–Trinajstić information content (AvgIpc) is 2.76. The molecule has 2 nitrogen and oxygen atoms in total. The van der Waals surface area contributed by atoms with Gasteiger partial charge < -0.3 is 4.74 Å². The highest BCUT2D eigenvalue weighted by Gasteiger charge is 2.29. The molecule has 0 atom stereocenters. The number of aromatic nitrogens is 1. The van der Waals surface area contributed by atoms with E-state index in [1.807, 2.05) is 30.3 Å². The first-order valence-corrected chi connectivity index (χ1v) is 11.1. The fraction of sp³-hybridized carbons (Fsp3) is 0.192. The van der Waals surface area contributed by atoms with Gasteiger partial charge in [0.2, 0.25) is 0 Å². The maximum atomic E-state index is 12.6. The number of hydrogen-bond acceptors (Lipinski definition) is 3. The zero-order valence-electron chi connectivity index (χ0n) is 17.7. The largest absolute Gasteiger partial charge is 0.489 e. The molecule has 1 aromatic heterocycles. The van der Waals surface area contributed by atoms with Gasteiger partial charge in [0.15, 0.2) is 0 Å². The molecule has 4 rings (SSSR count). The van der Waals surface area contributed by atoms with Crippen LogP contribution in [0, 0.1) is 0 Å². The predicted molar refractivity (Wildman–Crippen MR) is 124 cm³/mol. The van der Waals surface area contributed by atoms with Crippen LogP contribution < -0.4 is 4.74 Å². The Morgan fingerprint density at radius 2 is 1.75 bits per heavy atom. The Morgan fingerprint density at radius 1 is 0.938 bits per heavy atom. The standard InChI is InChI=1S/C26H22F3NOS/c1-17(2)21-13-20-8-5-11-30-25(20)24(15-21)19-7-4-9-22(14-19)31-16-18-6-3-10-23(12-18)32-26(27,28)29/h3-15,17H,16H2,1-2H3. The van der Waals surface area contributed by atoms with Crippen molar-refractivity contribution < 1.29 is 17.9 Å². The second kappa shape index (κ2) is 9.25. The fourth-order valence-corrected chi connectivity index (χ4v) is 4.15. The Labute approximate surface area is 189 Å². The van der Waals surface area contributed by atoms with Crippen molar-refractivity contribution >= 4 is 22.7 Å². The Morgan fingerprint density at radius 3 is 2.53 bits per heavy atom. The summed E-state index contributed by atoms with van der Waals surface area (Å²) in [4.78, 5) is 4.73. The number of pyridine rings is 1. The highest BCUT2D eigenvalue weighted by Crippen LogP contribution is 2.37. The van der Waals surface area contributed by atoms with Crippen molar-refractivity contribution in [2.24, 2.45) is 0 Å². The molecule has 0 saturated carbocycles. The summed E-state index contributed by atoms with van der Waals surface area (Å²) in [5.74, 6) is 1.02. The van der Waals surface area contributed by atoms with E-state index in [1.54, 1.807) is 18.3 Å². The number of hydrogen-bond donors (Lipinski definition) is 0. The van der Waals surface area contributed by atoms with Crippen molar-refractivity contribution in [2.45, 2.75) is 36.8 Å². The van der Waals surface area contributed by atoms with Crippen LogP contribution in [0.5, 0.6) is 5.75 Å². The Bertz CT molecular complexity index is 1240. The molecule has 0 bridgehead atoms. The summed E-state index contributed by atoms with van der Waals surface area (Å²) < 4.78 is 43.9. The van der Waals surface area contributed by atoms with E-state index in [9.17, 15) is 13.2 Å². The molecular weight excluding hydrogens is 431 g/mol. The Hall–Kier alpha value is -2.99. The lowest BCUT2D eigenvalue weighted by atomic mass is 9.94. The zero-order chi connectivity index (χ0) is 22.7. The highest BCUT2D eigenvalue weighted by molar-refractivity contribution is 8.00. The van der Waals surface area contributed by atoms with Gasteiger partial charge in [0.05, 0.1) is 5.52 Å². The summed E-state index contributed by atoms with van der Waals surface area (Å²) in [6, 6.07) is 22.4. The summed E-state index contributed by atoms with van der Waals surface area (Å²) in [6.45, 7) is 4.50. The number of ether oxygens (including phenoxy) is 1. The van der Waals surface area contributed by atoms with Crippen molar-refractivity contribution in [1.29, 1.82) is 0 Å². The summed E-state index contributed by atoms with van der Waals surface area (Å²) >= 11 is -0.122. The number of nitrogens with zero attached hydrogens (tertiary/aromatic N) is 1. The van der Waals surface area contributed by atoms with Crippen LogP contribution in [-0.4, -0.2) is 10.5 Å². The first-order valence-electron chi connectivity index (χ1n) is 10.2. The minimum atomic E-state index is -4.31. The Balaban J connectivity index is 1.60. The van der Waals surface area contributed by atoms with E-state index < -0.39 is 5.51 Å². The van der Waals surface area contributed by atoms with Gasteiger partial charge in [-0.25, -0.2) is 0 Å². The van der Waals surface area contributed by atoms with E-state index in [0.29, 0.717) is 17.2 Å². The van der Waals surface area contributed by atoms with E-state index in [0.717, 1.165) is 22.0 Å². The van der Waals surface area contributed by atoms with E-state index >= 15 is 0 Å². The van der Waals surface area contributed by atoms with Gasteiger partial charge in [0.1, 0.15) is 12.4 Å². The van der Waals surface area contributed by atoms with Crippen LogP contribution in [0.15, 0.2) is 83.9 Å². The molecular formula is C26H22F3NOS. The summed E-state index contributed by atoms with van der Waals surface area (Å²) in [7, 11) is 0. The van der Waals surface area contributed by atoms with Crippen LogP contribution in [0.2, 0.25) is 0 Å². The fourth-order valence-electron chi connectivity index (χ4n) is 3.52. The van der Waals surface area contributed by atoms with Gasteiger partial charge in [-0.2, -0.15) is 13.2 Å². The Kier molecular flexibility index (Phi) is 6.42. The second-order valence-electron chi connectivity index (χ2n) is 7.81. The zero-order valence-corrected chi connectivity index (χ0v) is 18.5. The van der Waals surface area contributed by atoms with Crippen LogP contribution in [0.3, 0.4) is 0 Å². The molecule has 0 saturated heterocycles. The van der Waals surface area contributed by atoms with Gasteiger partial charge in [0, 0.05) is 22.0 Å². The quantitative estimate of drug-likeness (QED) is 0.275. The molecule has 0 fully saturated rings. The van der Waals surface area contributed by atoms with Crippen LogP contribution in [0.25, 0.3) is 22.0 Å². The van der Waals surface area contributed by atoms with Gasteiger partial charge in [-0.15, -0.1) is 0 Å². The van der Waals surface area contributed by atoms with Crippen LogP contribution in [0.4, 0.5) is 13.2 Å². The van der Waals surface area contributed by atoms with Crippen molar-refractivity contribution in [3.63, 3.8) is 0 Å². The highest BCUT2D eigenvalue weighted by atomic mass is 32.2. The minimum absolute atomic E-state index is 0.122. The smallest absolute Gasteiger partial charge is 0.446 e. The first kappa shape index (κ1) is 22.2. The molecule has 32 heavy (non-hydrogen) atoms. The van der Waals surface area contributed by atoms with Gasteiger partial charge in [-0.1, -0.05) is 44.2 Å². The van der Waals surface area contributed by atoms with E-state index in [4.69, 9.17) is 4.74 Å². The normalized spacial score (nSPS) is 11.8. The number of halogens is 3. The van der Waals surface area contributed by atoms with Crippen molar-refractivity contribution in [3.8, 4) is 16.9 Å². The van der Waals surface area contributed by atoms with Gasteiger partial charge >= 0.3 is 5.51 Å². The van der Waals surface area contributed by atoms with Crippen LogP contribution in [-0.2, 0) is 6.61 Å². The summed E-state index contributed by atoms with van der Waals surface area (Å²) in [5.41, 5.74) is 0.529. The van der Waals surface area contributed by atoms with Crippen molar-refractivity contribution in [3.05, 3.63) is 90.1 Å². The predicted octanol–water partition coefficient (Wildman–Crippen LogP) is 8.22. The third kappa shape index (κ3) is 5.43. The molecule has 164 valence electrons. The van der Waals surface area contributed by atoms with E-state index in [2.05, 4.69) is 37.0 Å². The van der Waals surface area contributed by atoms with Gasteiger partial charge in [-0.05, 0) is 76.8 Å². The summed E-state index contributed by atoms with van der Waals surface area (Å²) in [6.07, 6.45) is 1.78. The lowest BCUT2D eigenvalue weighted by molar-refractivity contribution is -0.0328. The lowest BCUT2D eigenvalue weighted by Gasteiger charge is -2.14. The number of rotatable bonds is 6. The third-order valence-corrected chi connectivity index (χ3v) is 5.80. The molecule has 0 aliphatic heterocycles. The van der Waals surface area contributed by atoms with Gasteiger partial charge in [-0.3, -0.25) is 4.98 Å². The molecule has 0 aliphatic rings. The second-order valence-corrected chi connectivity index (χ2v) is 8.95. The molecule has 1 heterocycles. The van der Waals surface area contributed by atoms with Crippen molar-refractivity contribution in [2.75, 3.05) is 0 Å². The SMILES string of the molecule is CC(C)c1cc(-c2cccc(OCc3cccc(SC(F)(F)F)c3)c2)c2ncccc2c1. The van der Waals surface area contributed by atoms with E-state index in [-0.39, 0.29) is 23.3 Å². The van der Waals surface area contributed by atoms with Crippen LogP contribution >= 0.6 is 11.8 Å². The third-order valence-electron chi connectivity index (χ3n) is 5.08. The minimum Gasteiger partial charge on any atom is -0.489 e. The van der Waals surface area contributed by atoms with Crippen LogP contribution in [0.1, 0.15) is 30.9 Å². The molecule has 0 aliphatic carbocycles. The summed E-state index contributed by atoms with van der Waals surface area (Å²) in [5, 5.41) is 1.08. The molecule has 0 unspecified atom stereocenters. The molecule has 3 aromatic carbocycles. The molecule has 0 N–H and O–H groups in total. The molecule has 0 radical (unpaired) electrons. The molecule has 4 aromatic rings.